The predicted octanol–water partition coefficient (Wildman–Crippen LogP) is 3.03. The Morgan fingerprint density at radius 1 is 1.00 bits per heavy atom. The molecule has 23 heavy (non-hydrogen) atoms. The molecule has 0 saturated carbocycles. The van der Waals surface area contributed by atoms with Crippen LogP contribution in [0.4, 0.5) is 0 Å². The van der Waals surface area contributed by atoms with Crippen LogP contribution in [0.5, 0.6) is 17.2 Å². The highest BCUT2D eigenvalue weighted by molar-refractivity contribution is 5.96. The molecule has 0 bridgehead atoms. The Hall–Kier alpha value is -2.69. The molecular weight excluding hydrogens is 294 g/mol. The van der Waals surface area contributed by atoms with Gasteiger partial charge in [-0.15, -0.1) is 0 Å². The lowest BCUT2D eigenvalue weighted by Crippen LogP contribution is -2.23. The van der Waals surface area contributed by atoms with Crippen molar-refractivity contribution in [3.63, 3.8) is 0 Å². The number of hydrogen-bond acceptors (Lipinski definition) is 4. The molecule has 0 aromatic heterocycles. The molecule has 5 heteroatoms. The van der Waals surface area contributed by atoms with Crippen LogP contribution in [0, 0.1) is 0 Å². The summed E-state index contributed by atoms with van der Waals surface area (Å²) in [7, 11) is 3.16. The van der Waals surface area contributed by atoms with Crippen LogP contribution in [0.15, 0.2) is 42.5 Å². The zero-order chi connectivity index (χ0) is 16.7. The molecule has 1 N–H and O–H groups in total. The summed E-state index contributed by atoms with van der Waals surface area (Å²) < 4.78 is 16.1. The SMILES string of the molecule is CCOc1ccccc1C(=O)NCc1cccc(OC)c1OC. The quantitative estimate of drug-likeness (QED) is 0.853. The summed E-state index contributed by atoms with van der Waals surface area (Å²) in [5.41, 5.74) is 1.35. The topological polar surface area (TPSA) is 56.8 Å². The molecule has 0 unspecified atom stereocenters. The van der Waals surface area contributed by atoms with E-state index in [0.29, 0.717) is 36.0 Å². The van der Waals surface area contributed by atoms with Gasteiger partial charge in [0.05, 0.1) is 26.4 Å². The molecule has 0 saturated heterocycles. The fourth-order valence-corrected chi connectivity index (χ4v) is 2.30. The number of ether oxygens (including phenoxy) is 3. The van der Waals surface area contributed by atoms with E-state index < -0.39 is 0 Å². The van der Waals surface area contributed by atoms with Crippen molar-refractivity contribution in [1.29, 1.82) is 0 Å². The van der Waals surface area contributed by atoms with Gasteiger partial charge in [-0.3, -0.25) is 4.79 Å². The molecular formula is C18H21NO4. The minimum absolute atomic E-state index is 0.195. The highest BCUT2D eigenvalue weighted by Crippen LogP contribution is 2.30. The smallest absolute Gasteiger partial charge is 0.255 e. The van der Waals surface area contributed by atoms with Gasteiger partial charge in [-0.05, 0) is 25.1 Å². The number of hydrogen-bond donors (Lipinski definition) is 1. The van der Waals surface area contributed by atoms with Crippen molar-refractivity contribution in [1.82, 2.24) is 5.32 Å². The zero-order valence-electron chi connectivity index (χ0n) is 13.6. The average molecular weight is 315 g/mol. The fraction of sp³-hybridized carbons (Fsp3) is 0.278. The Kier molecular flexibility index (Phi) is 5.86. The van der Waals surface area contributed by atoms with Crippen LogP contribution >= 0.6 is 0 Å². The minimum Gasteiger partial charge on any atom is -0.493 e. The zero-order valence-corrected chi connectivity index (χ0v) is 13.6. The largest absolute Gasteiger partial charge is 0.493 e. The van der Waals surface area contributed by atoms with Gasteiger partial charge in [0.1, 0.15) is 5.75 Å². The predicted molar refractivity (Wildman–Crippen MR) is 88.3 cm³/mol. The number of para-hydroxylation sites is 2. The first-order valence-electron chi connectivity index (χ1n) is 7.41. The van der Waals surface area contributed by atoms with Gasteiger partial charge < -0.3 is 19.5 Å². The van der Waals surface area contributed by atoms with Crippen LogP contribution in [-0.4, -0.2) is 26.7 Å². The number of methoxy groups -OCH3 is 2. The second-order valence-corrected chi connectivity index (χ2v) is 4.76. The van der Waals surface area contributed by atoms with E-state index in [-0.39, 0.29) is 5.91 Å². The Morgan fingerprint density at radius 2 is 1.74 bits per heavy atom. The van der Waals surface area contributed by atoms with Crippen molar-refractivity contribution >= 4 is 5.91 Å². The third-order valence-corrected chi connectivity index (χ3v) is 3.36. The summed E-state index contributed by atoms with van der Waals surface area (Å²) in [6.45, 7) is 2.73. The summed E-state index contributed by atoms with van der Waals surface area (Å²) in [4.78, 5) is 12.4. The first kappa shape index (κ1) is 16.7. The molecule has 1 amide bonds. The number of nitrogens with one attached hydrogen (secondary N) is 1. The van der Waals surface area contributed by atoms with E-state index in [4.69, 9.17) is 14.2 Å². The lowest BCUT2D eigenvalue weighted by atomic mass is 10.1. The van der Waals surface area contributed by atoms with Crippen LogP contribution in [-0.2, 0) is 6.54 Å². The molecule has 0 aliphatic rings. The van der Waals surface area contributed by atoms with Crippen molar-refractivity contribution in [2.45, 2.75) is 13.5 Å². The number of carbonyl (C=O) groups excluding carboxylic acids is 1. The van der Waals surface area contributed by atoms with E-state index in [9.17, 15) is 4.79 Å². The maximum atomic E-state index is 12.4. The molecule has 122 valence electrons. The molecule has 2 aromatic carbocycles. The van der Waals surface area contributed by atoms with Crippen molar-refractivity contribution in [2.24, 2.45) is 0 Å². The number of amides is 1. The number of carbonyl (C=O) groups is 1. The Labute approximate surface area is 136 Å². The molecule has 0 heterocycles. The van der Waals surface area contributed by atoms with E-state index >= 15 is 0 Å². The highest BCUT2D eigenvalue weighted by atomic mass is 16.5. The van der Waals surface area contributed by atoms with Crippen LogP contribution < -0.4 is 19.5 Å². The lowest BCUT2D eigenvalue weighted by molar-refractivity contribution is 0.0947. The first-order valence-corrected chi connectivity index (χ1v) is 7.41. The van der Waals surface area contributed by atoms with Crippen LogP contribution in [0.3, 0.4) is 0 Å². The molecule has 0 radical (unpaired) electrons. The van der Waals surface area contributed by atoms with Gasteiger partial charge in [-0.1, -0.05) is 24.3 Å². The molecule has 2 rings (SSSR count). The first-order chi connectivity index (χ1) is 11.2. The number of rotatable bonds is 7. The van der Waals surface area contributed by atoms with Crippen molar-refractivity contribution < 1.29 is 19.0 Å². The van der Waals surface area contributed by atoms with Crippen molar-refractivity contribution in [2.75, 3.05) is 20.8 Å². The minimum atomic E-state index is -0.195. The second-order valence-electron chi connectivity index (χ2n) is 4.76. The Morgan fingerprint density at radius 3 is 2.43 bits per heavy atom. The Bertz CT molecular complexity index is 670. The summed E-state index contributed by atoms with van der Waals surface area (Å²) in [5, 5.41) is 2.89. The van der Waals surface area contributed by atoms with E-state index in [1.165, 1.54) is 0 Å². The van der Waals surface area contributed by atoms with E-state index in [2.05, 4.69) is 5.32 Å². The third-order valence-electron chi connectivity index (χ3n) is 3.36. The van der Waals surface area contributed by atoms with Gasteiger partial charge in [0.25, 0.3) is 5.91 Å². The van der Waals surface area contributed by atoms with Crippen LogP contribution in [0.2, 0.25) is 0 Å². The fourth-order valence-electron chi connectivity index (χ4n) is 2.30. The van der Waals surface area contributed by atoms with Gasteiger partial charge >= 0.3 is 0 Å². The monoisotopic (exact) mass is 315 g/mol. The Balaban J connectivity index is 2.14. The molecule has 0 atom stereocenters. The van der Waals surface area contributed by atoms with Gasteiger partial charge in [-0.25, -0.2) is 0 Å². The molecule has 0 aliphatic carbocycles. The van der Waals surface area contributed by atoms with E-state index in [0.717, 1.165) is 5.56 Å². The van der Waals surface area contributed by atoms with Crippen molar-refractivity contribution in [3.05, 3.63) is 53.6 Å². The summed E-state index contributed by atoms with van der Waals surface area (Å²) >= 11 is 0. The average Bonchev–Trinajstić information content (AvgIpc) is 2.59. The summed E-state index contributed by atoms with van der Waals surface area (Å²) in [6, 6.07) is 12.7. The molecule has 0 spiro atoms. The molecule has 0 aliphatic heterocycles. The normalized spacial score (nSPS) is 10.0. The molecule has 5 nitrogen and oxygen atoms in total. The van der Waals surface area contributed by atoms with Gasteiger partial charge in [0, 0.05) is 12.1 Å². The standard InChI is InChI=1S/C18H21NO4/c1-4-23-15-10-6-5-9-14(15)18(20)19-12-13-8-7-11-16(21-2)17(13)22-3/h5-11H,4,12H2,1-3H3,(H,19,20). The second kappa shape index (κ2) is 8.08. The van der Waals surface area contributed by atoms with Gasteiger partial charge in [0.2, 0.25) is 0 Å². The summed E-state index contributed by atoms with van der Waals surface area (Å²) in [5.74, 6) is 1.63. The third kappa shape index (κ3) is 3.94. The molecule has 2 aromatic rings. The van der Waals surface area contributed by atoms with E-state index in [1.807, 2.05) is 37.3 Å². The van der Waals surface area contributed by atoms with Gasteiger partial charge in [-0.2, -0.15) is 0 Å². The van der Waals surface area contributed by atoms with Crippen molar-refractivity contribution in [3.8, 4) is 17.2 Å². The summed E-state index contributed by atoms with van der Waals surface area (Å²) in [6.07, 6.45) is 0. The van der Waals surface area contributed by atoms with Gasteiger partial charge in [0.15, 0.2) is 11.5 Å². The highest BCUT2D eigenvalue weighted by Gasteiger charge is 2.14. The maximum absolute atomic E-state index is 12.4. The van der Waals surface area contributed by atoms with Crippen LogP contribution in [0.1, 0.15) is 22.8 Å². The maximum Gasteiger partial charge on any atom is 0.255 e. The molecule has 0 fully saturated rings. The number of benzene rings is 2. The van der Waals surface area contributed by atoms with E-state index in [1.54, 1.807) is 26.4 Å². The lowest BCUT2D eigenvalue weighted by Gasteiger charge is -2.14. The van der Waals surface area contributed by atoms with Crippen LogP contribution in [0.25, 0.3) is 0 Å².